The first-order valence-corrected chi connectivity index (χ1v) is 6.63. The maximum atomic E-state index is 11.3. The van der Waals surface area contributed by atoms with Crippen LogP contribution in [0.3, 0.4) is 0 Å². The van der Waals surface area contributed by atoms with Crippen molar-refractivity contribution in [1.82, 2.24) is 9.97 Å². The Kier molecular flexibility index (Phi) is 3.33. The second kappa shape index (κ2) is 5.28. The van der Waals surface area contributed by atoms with Crippen LogP contribution in [0.4, 0.5) is 17.3 Å². The van der Waals surface area contributed by atoms with E-state index in [-0.39, 0.29) is 5.78 Å². The molecule has 0 unspecified atom stereocenters. The Labute approximate surface area is 117 Å². The standard InChI is InChI=1S/C15H16N4O/c1-11-2-4-12(5-3-11)18-14-8-15(17-10-16-14)19-7-6-13(20)9-19/h2-5,8,10H,6-7,9H2,1H3,(H,16,17,18). The molecule has 1 N–H and O–H groups in total. The summed E-state index contributed by atoms with van der Waals surface area (Å²) in [5.74, 6) is 1.79. The van der Waals surface area contributed by atoms with Crippen LogP contribution >= 0.6 is 0 Å². The van der Waals surface area contributed by atoms with E-state index in [4.69, 9.17) is 0 Å². The smallest absolute Gasteiger partial charge is 0.153 e. The van der Waals surface area contributed by atoms with Gasteiger partial charge in [-0.1, -0.05) is 17.7 Å². The third-order valence-electron chi connectivity index (χ3n) is 3.33. The first-order valence-electron chi connectivity index (χ1n) is 6.63. The van der Waals surface area contributed by atoms with Crippen molar-refractivity contribution in [3.05, 3.63) is 42.2 Å². The molecule has 1 fully saturated rings. The summed E-state index contributed by atoms with van der Waals surface area (Å²) >= 11 is 0. The number of Topliss-reactive ketones (excluding diaryl/α,β-unsaturated/α-hetero) is 1. The predicted molar refractivity (Wildman–Crippen MR) is 78.3 cm³/mol. The molecular formula is C15H16N4O. The number of hydrogen-bond donors (Lipinski definition) is 1. The average molecular weight is 268 g/mol. The SMILES string of the molecule is Cc1ccc(Nc2cc(N3CCC(=O)C3)ncn2)cc1. The summed E-state index contributed by atoms with van der Waals surface area (Å²) in [6, 6.07) is 9.98. The van der Waals surface area contributed by atoms with Crippen LogP contribution in [0.2, 0.25) is 0 Å². The molecule has 1 aliphatic rings. The summed E-state index contributed by atoms with van der Waals surface area (Å²) < 4.78 is 0. The topological polar surface area (TPSA) is 58.1 Å². The lowest BCUT2D eigenvalue weighted by molar-refractivity contribution is -0.116. The Balaban J connectivity index is 1.77. The van der Waals surface area contributed by atoms with E-state index in [1.54, 1.807) is 0 Å². The molecule has 0 radical (unpaired) electrons. The van der Waals surface area contributed by atoms with Crippen molar-refractivity contribution in [1.29, 1.82) is 0 Å². The minimum Gasteiger partial charge on any atom is -0.349 e. The van der Waals surface area contributed by atoms with E-state index in [9.17, 15) is 4.79 Å². The lowest BCUT2D eigenvalue weighted by atomic mass is 10.2. The number of nitrogens with one attached hydrogen (secondary N) is 1. The summed E-state index contributed by atoms with van der Waals surface area (Å²) in [4.78, 5) is 21.8. The highest BCUT2D eigenvalue weighted by Gasteiger charge is 2.20. The number of ketones is 1. The number of nitrogens with zero attached hydrogens (tertiary/aromatic N) is 3. The third kappa shape index (κ3) is 2.77. The highest BCUT2D eigenvalue weighted by Crippen LogP contribution is 2.20. The Hall–Kier alpha value is -2.43. The Morgan fingerprint density at radius 2 is 2.00 bits per heavy atom. The number of hydrogen-bond acceptors (Lipinski definition) is 5. The highest BCUT2D eigenvalue weighted by atomic mass is 16.1. The van der Waals surface area contributed by atoms with Gasteiger partial charge in [0.1, 0.15) is 18.0 Å². The zero-order chi connectivity index (χ0) is 13.9. The monoisotopic (exact) mass is 268 g/mol. The first kappa shape index (κ1) is 12.6. The zero-order valence-electron chi connectivity index (χ0n) is 11.3. The molecule has 3 rings (SSSR count). The molecular weight excluding hydrogens is 252 g/mol. The molecule has 0 aliphatic carbocycles. The molecule has 0 saturated carbocycles. The van der Waals surface area contributed by atoms with Gasteiger partial charge in [-0.2, -0.15) is 0 Å². The molecule has 1 saturated heterocycles. The van der Waals surface area contributed by atoms with Gasteiger partial charge in [0.05, 0.1) is 6.54 Å². The van der Waals surface area contributed by atoms with Crippen LogP contribution in [-0.2, 0) is 4.79 Å². The van der Waals surface area contributed by atoms with Crippen LogP contribution in [0.15, 0.2) is 36.7 Å². The molecule has 0 amide bonds. The minimum atomic E-state index is 0.261. The van der Waals surface area contributed by atoms with Crippen LogP contribution in [0, 0.1) is 6.92 Å². The van der Waals surface area contributed by atoms with Gasteiger partial charge in [0.15, 0.2) is 5.78 Å². The highest BCUT2D eigenvalue weighted by molar-refractivity contribution is 5.86. The zero-order valence-corrected chi connectivity index (χ0v) is 11.3. The summed E-state index contributed by atoms with van der Waals surface area (Å²) in [6.45, 7) is 3.23. The molecule has 0 spiro atoms. The van der Waals surface area contributed by atoms with E-state index < -0.39 is 0 Å². The second-order valence-corrected chi connectivity index (χ2v) is 4.96. The largest absolute Gasteiger partial charge is 0.349 e. The van der Waals surface area contributed by atoms with Crippen molar-refractivity contribution in [2.24, 2.45) is 0 Å². The number of aryl methyl sites for hydroxylation is 1. The Morgan fingerprint density at radius 1 is 1.20 bits per heavy atom. The van der Waals surface area contributed by atoms with Crippen LogP contribution in [0.25, 0.3) is 0 Å². The third-order valence-corrected chi connectivity index (χ3v) is 3.33. The van der Waals surface area contributed by atoms with Gasteiger partial charge in [-0.05, 0) is 19.1 Å². The van der Waals surface area contributed by atoms with Gasteiger partial charge in [0, 0.05) is 24.7 Å². The van der Waals surface area contributed by atoms with Gasteiger partial charge < -0.3 is 10.2 Å². The van der Waals surface area contributed by atoms with Gasteiger partial charge in [-0.3, -0.25) is 4.79 Å². The Bertz CT molecular complexity index is 624. The van der Waals surface area contributed by atoms with E-state index in [2.05, 4.69) is 22.2 Å². The fourth-order valence-electron chi connectivity index (χ4n) is 2.20. The molecule has 0 atom stereocenters. The van der Waals surface area contributed by atoms with E-state index in [1.165, 1.54) is 11.9 Å². The van der Waals surface area contributed by atoms with Crippen LogP contribution in [0.5, 0.6) is 0 Å². The molecule has 1 aliphatic heterocycles. The lowest BCUT2D eigenvalue weighted by Crippen LogP contribution is -2.20. The summed E-state index contributed by atoms with van der Waals surface area (Å²) in [7, 11) is 0. The van der Waals surface area contributed by atoms with E-state index in [0.29, 0.717) is 13.0 Å². The van der Waals surface area contributed by atoms with Crippen molar-refractivity contribution in [2.75, 3.05) is 23.3 Å². The number of carbonyl (C=O) groups is 1. The molecule has 1 aromatic carbocycles. The molecule has 102 valence electrons. The van der Waals surface area contributed by atoms with Crippen LogP contribution < -0.4 is 10.2 Å². The second-order valence-electron chi connectivity index (χ2n) is 4.96. The van der Waals surface area contributed by atoms with Crippen molar-refractivity contribution in [3.63, 3.8) is 0 Å². The normalized spacial score (nSPS) is 14.7. The Morgan fingerprint density at radius 3 is 2.70 bits per heavy atom. The molecule has 2 heterocycles. The molecule has 5 nitrogen and oxygen atoms in total. The van der Waals surface area contributed by atoms with E-state index in [1.807, 2.05) is 35.2 Å². The minimum absolute atomic E-state index is 0.261. The number of carbonyl (C=O) groups excluding carboxylic acids is 1. The van der Waals surface area contributed by atoms with Gasteiger partial charge in [-0.15, -0.1) is 0 Å². The molecule has 0 bridgehead atoms. The maximum Gasteiger partial charge on any atom is 0.153 e. The van der Waals surface area contributed by atoms with Gasteiger partial charge in [0.25, 0.3) is 0 Å². The summed E-state index contributed by atoms with van der Waals surface area (Å²) in [5.41, 5.74) is 2.20. The number of benzene rings is 1. The van der Waals surface area contributed by atoms with Gasteiger partial charge >= 0.3 is 0 Å². The van der Waals surface area contributed by atoms with Crippen molar-refractivity contribution in [2.45, 2.75) is 13.3 Å². The average Bonchev–Trinajstić information content (AvgIpc) is 2.89. The van der Waals surface area contributed by atoms with Crippen LogP contribution in [0.1, 0.15) is 12.0 Å². The van der Waals surface area contributed by atoms with E-state index in [0.717, 1.165) is 23.9 Å². The number of aromatic nitrogens is 2. The maximum absolute atomic E-state index is 11.3. The number of anilines is 3. The van der Waals surface area contributed by atoms with Gasteiger partial charge in [0.2, 0.25) is 0 Å². The number of rotatable bonds is 3. The molecule has 5 heteroatoms. The molecule has 1 aromatic heterocycles. The van der Waals surface area contributed by atoms with Crippen molar-refractivity contribution < 1.29 is 4.79 Å². The fraction of sp³-hybridized carbons (Fsp3) is 0.267. The molecule has 2 aromatic rings. The van der Waals surface area contributed by atoms with Gasteiger partial charge in [-0.25, -0.2) is 9.97 Å². The fourth-order valence-corrected chi connectivity index (χ4v) is 2.20. The first-order chi connectivity index (χ1) is 9.70. The summed E-state index contributed by atoms with van der Waals surface area (Å²) in [5, 5.41) is 3.24. The van der Waals surface area contributed by atoms with Crippen LogP contribution in [-0.4, -0.2) is 28.8 Å². The predicted octanol–water partition coefficient (Wildman–Crippen LogP) is 2.31. The molecule has 20 heavy (non-hydrogen) atoms. The lowest BCUT2D eigenvalue weighted by Gasteiger charge is -2.15. The quantitative estimate of drug-likeness (QED) is 0.925. The van der Waals surface area contributed by atoms with Crippen molar-refractivity contribution >= 4 is 23.1 Å². The van der Waals surface area contributed by atoms with E-state index >= 15 is 0 Å². The van der Waals surface area contributed by atoms with Crippen molar-refractivity contribution in [3.8, 4) is 0 Å². The summed E-state index contributed by atoms with van der Waals surface area (Å²) in [6.07, 6.45) is 2.12.